The average Bonchev–Trinajstić information content (AvgIpc) is 2.99. The quantitative estimate of drug-likeness (QED) is 0.912. The van der Waals surface area contributed by atoms with Crippen LogP contribution in [-0.4, -0.2) is 28.1 Å². The lowest BCUT2D eigenvalue weighted by Crippen LogP contribution is -2.38. The molecule has 2 aromatic rings. The first-order chi connectivity index (χ1) is 10.7. The first kappa shape index (κ1) is 15.2. The SMILES string of the molecule is O=C(NC1CCC(O)CC1)c1csc(Cc2ccccc2)n1. The van der Waals surface area contributed by atoms with Gasteiger partial charge in [0.25, 0.3) is 5.91 Å². The lowest BCUT2D eigenvalue weighted by atomic mass is 9.93. The van der Waals surface area contributed by atoms with Crippen LogP contribution in [0.5, 0.6) is 0 Å². The van der Waals surface area contributed by atoms with Gasteiger partial charge in [-0.1, -0.05) is 30.3 Å². The van der Waals surface area contributed by atoms with Crippen LogP contribution in [0.1, 0.15) is 46.7 Å². The zero-order chi connectivity index (χ0) is 15.4. The number of hydrogen-bond acceptors (Lipinski definition) is 4. The molecule has 0 aliphatic heterocycles. The van der Waals surface area contributed by atoms with Gasteiger partial charge in [0.05, 0.1) is 11.1 Å². The van der Waals surface area contributed by atoms with Gasteiger partial charge in [0.1, 0.15) is 5.69 Å². The molecule has 1 aliphatic carbocycles. The summed E-state index contributed by atoms with van der Waals surface area (Å²) in [5.41, 5.74) is 1.70. The van der Waals surface area contributed by atoms with Gasteiger partial charge in [-0.2, -0.15) is 0 Å². The van der Waals surface area contributed by atoms with Crippen LogP contribution in [0.3, 0.4) is 0 Å². The van der Waals surface area contributed by atoms with Crippen LogP contribution in [0, 0.1) is 0 Å². The first-order valence-corrected chi connectivity index (χ1v) is 8.56. The number of aromatic nitrogens is 1. The van der Waals surface area contributed by atoms with Crippen LogP contribution >= 0.6 is 11.3 Å². The molecule has 0 saturated heterocycles. The van der Waals surface area contributed by atoms with Crippen LogP contribution in [0.25, 0.3) is 0 Å². The summed E-state index contributed by atoms with van der Waals surface area (Å²) < 4.78 is 0. The number of aliphatic hydroxyl groups is 1. The van der Waals surface area contributed by atoms with Crippen molar-refractivity contribution < 1.29 is 9.90 Å². The molecule has 3 rings (SSSR count). The Morgan fingerprint density at radius 1 is 1.23 bits per heavy atom. The third kappa shape index (κ3) is 3.93. The molecule has 1 amide bonds. The van der Waals surface area contributed by atoms with Gasteiger partial charge in [-0.25, -0.2) is 4.98 Å². The van der Waals surface area contributed by atoms with Gasteiger partial charge in [0, 0.05) is 17.8 Å². The topological polar surface area (TPSA) is 62.2 Å². The second-order valence-electron chi connectivity index (χ2n) is 5.77. The summed E-state index contributed by atoms with van der Waals surface area (Å²) in [6, 6.07) is 10.3. The molecular weight excluding hydrogens is 296 g/mol. The zero-order valence-electron chi connectivity index (χ0n) is 12.4. The number of hydrogen-bond donors (Lipinski definition) is 2. The molecule has 4 nitrogen and oxygen atoms in total. The van der Waals surface area contributed by atoms with E-state index >= 15 is 0 Å². The molecule has 0 bridgehead atoms. The lowest BCUT2D eigenvalue weighted by molar-refractivity contribution is 0.0863. The van der Waals surface area contributed by atoms with E-state index in [2.05, 4.69) is 22.4 Å². The molecule has 0 radical (unpaired) electrons. The maximum Gasteiger partial charge on any atom is 0.270 e. The highest BCUT2D eigenvalue weighted by Crippen LogP contribution is 2.19. The van der Waals surface area contributed by atoms with E-state index in [-0.39, 0.29) is 18.1 Å². The Bertz CT molecular complexity index is 619. The van der Waals surface area contributed by atoms with Crippen molar-refractivity contribution in [3.63, 3.8) is 0 Å². The molecule has 2 N–H and O–H groups in total. The molecule has 1 aromatic heterocycles. The number of benzene rings is 1. The fraction of sp³-hybridized carbons (Fsp3) is 0.412. The Balaban J connectivity index is 1.57. The molecule has 1 aromatic carbocycles. The second kappa shape index (κ2) is 7.03. The van der Waals surface area contributed by atoms with E-state index in [1.54, 1.807) is 0 Å². The Labute approximate surface area is 134 Å². The molecule has 22 heavy (non-hydrogen) atoms. The molecule has 0 unspecified atom stereocenters. The minimum atomic E-state index is -0.204. The van der Waals surface area contributed by atoms with Crippen molar-refractivity contribution in [3.05, 3.63) is 52.0 Å². The zero-order valence-corrected chi connectivity index (χ0v) is 13.2. The Hall–Kier alpha value is -1.72. The fourth-order valence-corrected chi connectivity index (χ4v) is 3.55. The smallest absolute Gasteiger partial charge is 0.270 e. The van der Waals surface area contributed by atoms with Crippen LogP contribution in [0.2, 0.25) is 0 Å². The molecule has 1 heterocycles. The van der Waals surface area contributed by atoms with Crippen molar-refractivity contribution in [2.24, 2.45) is 0 Å². The predicted molar refractivity (Wildman–Crippen MR) is 87.1 cm³/mol. The Kier molecular flexibility index (Phi) is 4.85. The summed E-state index contributed by atoms with van der Waals surface area (Å²) in [7, 11) is 0. The summed E-state index contributed by atoms with van der Waals surface area (Å²) in [6.07, 6.45) is 3.77. The van der Waals surface area contributed by atoms with E-state index in [9.17, 15) is 9.90 Å². The predicted octanol–water partition coefficient (Wildman–Crippen LogP) is 2.77. The number of nitrogens with one attached hydrogen (secondary N) is 1. The molecule has 5 heteroatoms. The monoisotopic (exact) mass is 316 g/mol. The maximum absolute atomic E-state index is 12.2. The van der Waals surface area contributed by atoms with E-state index in [0.29, 0.717) is 5.69 Å². The molecule has 0 spiro atoms. The summed E-state index contributed by atoms with van der Waals surface area (Å²) in [5, 5.41) is 15.3. The standard InChI is InChI=1S/C17H20N2O2S/c20-14-8-6-13(7-9-14)18-17(21)15-11-22-16(19-15)10-12-4-2-1-3-5-12/h1-5,11,13-14,20H,6-10H2,(H,18,21). The van der Waals surface area contributed by atoms with Gasteiger partial charge < -0.3 is 10.4 Å². The summed E-state index contributed by atoms with van der Waals surface area (Å²) in [4.78, 5) is 16.7. The summed E-state index contributed by atoms with van der Waals surface area (Å²) >= 11 is 1.52. The molecular formula is C17H20N2O2S. The number of thiazole rings is 1. The van der Waals surface area contributed by atoms with E-state index < -0.39 is 0 Å². The third-order valence-electron chi connectivity index (χ3n) is 4.01. The Morgan fingerprint density at radius 3 is 2.68 bits per heavy atom. The van der Waals surface area contributed by atoms with Crippen LogP contribution in [-0.2, 0) is 6.42 Å². The van der Waals surface area contributed by atoms with Crippen molar-refractivity contribution >= 4 is 17.2 Å². The molecule has 1 saturated carbocycles. The van der Waals surface area contributed by atoms with Crippen molar-refractivity contribution in [2.45, 2.75) is 44.2 Å². The van der Waals surface area contributed by atoms with Crippen LogP contribution in [0.4, 0.5) is 0 Å². The number of aliphatic hydroxyl groups excluding tert-OH is 1. The van der Waals surface area contributed by atoms with E-state index in [4.69, 9.17) is 0 Å². The van der Waals surface area contributed by atoms with Gasteiger partial charge in [0.15, 0.2) is 0 Å². The normalized spacial score (nSPS) is 21.5. The van der Waals surface area contributed by atoms with Crippen molar-refractivity contribution in [2.75, 3.05) is 0 Å². The molecule has 116 valence electrons. The minimum Gasteiger partial charge on any atom is -0.393 e. The first-order valence-electron chi connectivity index (χ1n) is 7.68. The van der Waals surface area contributed by atoms with Gasteiger partial charge in [-0.15, -0.1) is 11.3 Å². The van der Waals surface area contributed by atoms with E-state index in [1.165, 1.54) is 16.9 Å². The highest BCUT2D eigenvalue weighted by molar-refractivity contribution is 7.09. The van der Waals surface area contributed by atoms with Crippen molar-refractivity contribution in [1.29, 1.82) is 0 Å². The highest BCUT2D eigenvalue weighted by Gasteiger charge is 2.22. The minimum absolute atomic E-state index is 0.100. The van der Waals surface area contributed by atoms with E-state index in [1.807, 2.05) is 23.6 Å². The summed E-state index contributed by atoms with van der Waals surface area (Å²) in [5.74, 6) is -0.100. The van der Waals surface area contributed by atoms with E-state index in [0.717, 1.165) is 37.1 Å². The number of carbonyl (C=O) groups excluding carboxylic acids is 1. The lowest BCUT2D eigenvalue weighted by Gasteiger charge is -2.25. The number of amides is 1. The third-order valence-corrected chi connectivity index (χ3v) is 4.86. The van der Waals surface area contributed by atoms with Gasteiger partial charge in [0.2, 0.25) is 0 Å². The van der Waals surface area contributed by atoms with Gasteiger partial charge in [-0.3, -0.25) is 4.79 Å². The van der Waals surface area contributed by atoms with Crippen molar-refractivity contribution in [3.8, 4) is 0 Å². The van der Waals surface area contributed by atoms with Crippen LogP contribution < -0.4 is 5.32 Å². The molecule has 1 aliphatic rings. The van der Waals surface area contributed by atoms with Gasteiger partial charge in [-0.05, 0) is 31.2 Å². The molecule has 1 fully saturated rings. The highest BCUT2D eigenvalue weighted by atomic mass is 32.1. The Morgan fingerprint density at radius 2 is 1.95 bits per heavy atom. The van der Waals surface area contributed by atoms with Gasteiger partial charge >= 0.3 is 0 Å². The number of carbonyl (C=O) groups is 1. The second-order valence-corrected chi connectivity index (χ2v) is 6.71. The molecule has 0 atom stereocenters. The number of nitrogens with zero attached hydrogens (tertiary/aromatic N) is 1. The fourth-order valence-electron chi connectivity index (χ4n) is 2.75. The maximum atomic E-state index is 12.2. The average molecular weight is 316 g/mol. The van der Waals surface area contributed by atoms with Crippen LogP contribution in [0.15, 0.2) is 35.7 Å². The number of rotatable bonds is 4. The largest absolute Gasteiger partial charge is 0.393 e. The van der Waals surface area contributed by atoms with Crippen molar-refractivity contribution in [1.82, 2.24) is 10.3 Å². The summed E-state index contributed by atoms with van der Waals surface area (Å²) in [6.45, 7) is 0.